The number of hydrogen-bond donors (Lipinski definition) is 0. The summed E-state index contributed by atoms with van der Waals surface area (Å²) in [6.07, 6.45) is 0.523. The number of likely N-dealkylation sites (N-methyl/N-ethyl adjacent to an activating group) is 1. The summed E-state index contributed by atoms with van der Waals surface area (Å²) in [7, 11) is -1.30. The topological polar surface area (TPSA) is 60.9 Å². The van der Waals surface area contributed by atoms with Crippen LogP contribution < -0.4 is 4.90 Å². The third kappa shape index (κ3) is 4.17. The number of amides is 1. The molecule has 6 nitrogen and oxygen atoms in total. The fourth-order valence-corrected chi connectivity index (χ4v) is 5.51. The molecular weight excluding hydrogens is 357 g/mol. The Morgan fingerprint density at radius 3 is 2.35 bits per heavy atom. The van der Waals surface area contributed by atoms with Crippen molar-refractivity contribution in [1.29, 1.82) is 0 Å². The second-order valence-corrected chi connectivity index (χ2v) is 9.41. The van der Waals surface area contributed by atoms with E-state index in [9.17, 15) is 17.6 Å². The predicted molar refractivity (Wildman–Crippen MR) is 99.5 cm³/mol. The minimum Gasteiger partial charge on any atom is -0.369 e. The van der Waals surface area contributed by atoms with Gasteiger partial charge in [-0.05, 0) is 37.6 Å². The molecule has 2 saturated heterocycles. The van der Waals surface area contributed by atoms with Crippen LogP contribution in [0.5, 0.6) is 0 Å². The van der Waals surface area contributed by atoms with Crippen LogP contribution in [0.3, 0.4) is 0 Å². The smallest absolute Gasteiger partial charge is 0.239 e. The van der Waals surface area contributed by atoms with Crippen LogP contribution in [0.1, 0.15) is 13.3 Å². The van der Waals surface area contributed by atoms with Gasteiger partial charge in [0.05, 0.1) is 17.5 Å². The number of carbonyl (C=O) groups is 1. The maximum atomic E-state index is 13.1. The van der Waals surface area contributed by atoms with Crippen molar-refractivity contribution in [1.82, 2.24) is 9.80 Å². The molecule has 2 aliphatic rings. The van der Waals surface area contributed by atoms with Crippen LogP contribution in [0, 0.1) is 5.82 Å². The van der Waals surface area contributed by atoms with E-state index < -0.39 is 9.84 Å². The summed E-state index contributed by atoms with van der Waals surface area (Å²) in [4.78, 5) is 18.7. The highest BCUT2D eigenvalue weighted by atomic mass is 32.2. The molecule has 2 fully saturated rings. The van der Waals surface area contributed by atoms with Crippen molar-refractivity contribution < 1.29 is 17.6 Å². The van der Waals surface area contributed by atoms with Gasteiger partial charge in [-0.1, -0.05) is 0 Å². The fourth-order valence-electron chi connectivity index (χ4n) is 3.73. The Hall–Kier alpha value is -1.67. The van der Waals surface area contributed by atoms with E-state index in [2.05, 4.69) is 9.80 Å². The predicted octanol–water partition coefficient (Wildman–Crippen LogP) is 0.982. The lowest BCUT2D eigenvalue weighted by atomic mass is 10.1. The zero-order chi connectivity index (χ0) is 18.9. The fraction of sp³-hybridized carbons (Fsp3) is 0.611. The quantitative estimate of drug-likeness (QED) is 0.776. The SMILES string of the molecule is C[C@@H](C(=O)N(C)[C@H]1CCS(=O)(=O)C1)N1CCN(c2ccc(F)cc2)CC1. The first-order valence-corrected chi connectivity index (χ1v) is 10.8. The van der Waals surface area contributed by atoms with Gasteiger partial charge in [-0.25, -0.2) is 12.8 Å². The van der Waals surface area contributed by atoms with Crippen LogP contribution >= 0.6 is 0 Å². The van der Waals surface area contributed by atoms with Gasteiger partial charge in [-0.3, -0.25) is 9.69 Å². The maximum Gasteiger partial charge on any atom is 0.239 e. The molecule has 1 aromatic rings. The van der Waals surface area contributed by atoms with Gasteiger partial charge >= 0.3 is 0 Å². The Morgan fingerprint density at radius 2 is 1.81 bits per heavy atom. The molecule has 0 spiro atoms. The van der Waals surface area contributed by atoms with E-state index in [4.69, 9.17) is 0 Å². The molecule has 144 valence electrons. The van der Waals surface area contributed by atoms with E-state index in [1.165, 1.54) is 12.1 Å². The Bertz CT molecular complexity index is 745. The van der Waals surface area contributed by atoms with Gasteiger partial charge in [0.15, 0.2) is 9.84 Å². The molecule has 0 radical (unpaired) electrons. The van der Waals surface area contributed by atoms with Crippen LogP contribution in [0.2, 0.25) is 0 Å². The maximum absolute atomic E-state index is 13.1. The molecule has 0 unspecified atom stereocenters. The first kappa shape index (κ1) is 19.1. The Morgan fingerprint density at radius 1 is 1.19 bits per heavy atom. The second-order valence-electron chi connectivity index (χ2n) is 7.18. The molecule has 3 rings (SSSR count). The van der Waals surface area contributed by atoms with E-state index in [1.54, 1.807) is 24.1 Å². The van der Waals surface area contributed by atoms with Gasteiger partial charge in [0.2, 0.25) is 5.91 Å². The van der Waals surface area contributed by atoms with E-state index >= 15 is 0 Å². The summed E-state index contributed by atoms with van der Waals surface area (Å²) in [6, 6.07) is 5.97. The number of carbonyl (C=O) groups excluding carboxylic acids is 1. The average molecular weight is 383 g/mol. The zero-order valence-corrected chi connectivity index (χ0v) is 16.1. The molecule has 0 bridgehead atoms. The third-order valence-corrected chi connectivity index (χ3v) is 7.27. The first-order chi connectivity index (χ1) is 12.3. The highest BCUT2D eigenvalue weighted by Crippen LogP contribution is 2.20. The molecule has 0 aliphatic carbocycles. The monoisotopic (exact) mass is 383 g/mol. The van der Waals surface area contributed by atoms with E-state index in [-0.39, 0.29) is 35.3 Å². The summed E-state index contributed by atoms with van der Waals surface area (Å²) < 4.78 is 36.4. The standard InChI is InChI=1S/C18H26FN3O3S/c1-14(18(23)20(2)17-7-12-26(24,25)13-17)21-8-10-22(11-9-21)16-5-3-15(19)4-6-16/h3-6,14,17H,7-13H2,1-2H3/t14-,17-/m0/s1. The van der Waals surface area contributed by atoms with Gasteiger partial charge in [0, 0.05) is 45.0 Å². The molecule has 0 aromatic heterocycles. The van der Waals surface area contributed by atoms with Crippen molar-refractivity contribution >= 4 is 21.4 Å². The summed E-state index contributed by atoms with van der Waals surface area (Å²) in [6.45, 7) is 4.90. The number of nitrogens with zero attached hydrogens (tertiary/aromatic N) is 3. The first-order valence-electron chi connectivity index (χ1n) is 8.98. The number of anilines is 1. The van der Waals surface area contributed by atoms with Gasteiger partial charge < -0.3 is 9.80 Å². The summed E-state index contributed by atoms with van der Waals surface area (Å²) in [5.74, 6) is -0.0359. The highest BCUT2D eigenvalue weighted by molar-refractivity contribution is 7.91. The van der Waals surface area contributed by atoms with E-state index in [0.717, 1.165) is 31.9 Å². The molecule has 8 heteroatoms. The van der Waals surface area contributed by atoms with Crippen molar-refractivity contribution in [3.8, 4) is 0 Å². The Labute approximate surface area is 154 Å². The van der Waals surface area contributed by atoms with Crippen molar-refractivity contribution in [2.24, 2.45) is 0 Å². The third-order valence-electron chi connectivity index (χ3n) is 5.51. The normalized spacial score (nSPS) is 24.4. The average Bonchev–Trinajstić information content (AvgIpc) is 3.00. The number of sulfone groups is 1. The lowest BCUT2D eigenvalue weighted by Crippen LogP contribution is -2.55. The van der Waals surface area contributed by atoms with Gasteiger partial charge in [-0.15, -0.1) is 0 Å². The van der Waals surface area contributed by atoms with Crippen molar-refractivity contribution in [3.63, 3.8) is 0 Å². The number of hydrogen-bond acceptors (Lipinski definition) is 5. The molecule has 0 saturated carbocycles. The number of benzene rings is 1. The molecule has 26 heavy (non-hydrogen) atoms. The molecular formula is C18H26FN3O3S. The summed E-state index contributed by atoms with van der Waals surface area (Å²) in [5.41, 5.74) is 0.985. The Balaban J connectivity index is 1.55. The van der Waals surface area contributed by atoms with Crippen molar-refractivity contribution in [2.45, 2.75) is 25.4 Å². The van der Waals surface area contributed by atoms with Crippen molar-refractivity contribution in [2.75, 3.05) is 49.6 Å². The number of piperazine rings is 1. The zero-order valence-electron chi connectivity index (χ0n) is 15.3. The Kier molecular flexibility index (Phi) is 5.53. The summed E-state index contributed by atoms with van der Waals surface area (Å²) >= 11 is 0. The largest absolute Gasteiger partial charge is 0.369 e. The van der Waals surface area contributed by atoms with Crippen LogP contribution in [-0.2, 0) is 14.6 Å². The molecule has 2 aliphatic heterocycles. The molecule has 1 aromatic carbocycles. The lowest BCUT2D eigenvalue weighted by molar-refractivity contribution is -0.136. The lowest BCUT2D eigenvalue weighted by Gasteiger charge is -2.40. The molecule has 2 heterocycles. The van der Waals surface area contributed by atoms with Crippen LogP contribution in [0.25, 0.3) is 0 Å². The van der Waals surface area contributed by atoms with Crippen LogP contribution in [0.4, 0.5) is 10.1 Å². The minimum absolute atomic E-state index is 0.0256. The van der Waals surface area contributed by atoms with Crippen LogP contribution in [0.15, 0.2) is 24.3 Å². The van der Waals surface area contributed by atoms with Crippen LogP contribution in [-0.4, -0.2) is 80.9 Å². The molecule has 1 amide bonds. The molecule has 0 N–H and O–H groups in total. The highest BCUT2D eigenvalue weighted by Gasteiger charge is 2.35. The van der Waals surface area contributed by atoms with Gasteiger partial charge in [0.25, 0.3) is 0 Å². The minimum atomic E-state index is -3.01. The van der Waals surface area contributed by atoms with E-state index in [0.29, 0.717) is 6.42 Å². The van der Waals surface area contributed by atoms with E-state index in [1.807, 2.05) is 6.92 Å². The van der Waals surface area contributed by atoms with Crippen molar-refractivity contribution in [3.05, 3.63) is 30.1 Å². The summed E-state index contributed by atoms with van der Waals surface area (Å²) in [5, 5.41) is 0. The molecule has 2 atom stereocenters. The number of halogens is 1. The second kappa shape index (κ2) is 7.52. The van der Waals surface area contributed by atoms with Gasteiger partial charge in [0.1, 0.15) is 5.82 Å². The number of rotatable bonds is 4. The van der Waals surface area contributed by atoms with Gasteiger partial charge in [-0.2, -0.15) is 0 Å².